The monoisotopic (exact) mass is 277 g/mol. The molecule has 0 aromatic heterocycles. The maximum atomic E-state index is 13.2. The number of halogens is 1. The van der Waals surface area contributed by atoms with E-state index in [9.17, 15) is 4.39 Å². The standard InChI is InChI=1S/C17H12FN3/c18-14-3-5-16-11(7-14)2-6-17(16)21-15-4-1-12(9-19)13(8-15)10-20/h1,3-5,7-8,17,21H,2,6H2. The second kappa shape index (κ2) is 5.26. The van der Waals surface area contributed by atoms with Gasteiger partial charge in [0.05, 0.1) is 17.2 Å². The van der Waals surface area contributed by atoms with Crippen LogP contribution in [-0.4, -0.2) is 0 Å². The van der Waals surface area contributed by atoms with E-state index in [0.717, 1.165) is 29.7 Å². The van der Waals surface area contributed by atoms with E-state index in [2.05, 4.69) is 5.32 Å². The molecule has 2 aromatic carbocycles. The molecular weight excluding hydrogens is 265 g/mol. The van der Waals surface area contributed by atoms with Crippen molar-refractivity contribution in [2.24, 2.45) is 0 Å². The molecule has 0 saturated heterocycles. The highest BCUT2D eigenvalue weighted by Crippen LogP contribution is 2.34. The molecule has 1 aliphatic carbocycles. The summed E-state index contributed by atoms with van der Waals surface area (Å²) in [5.41, 5.74) is 3.66. The first-order chi connectivity index (χ1) is 10.2. The third-order valence-electron chi connectivity index (χ3n) is 3.78. The van der Waals surface area contributed by atoms with Gasteiger partial charge in [0.2, 0.25) is 0 Å². The molecule has 0 spiro atoms. The molecule has 0 bridgehead atoms. The van der Waals surface area contributed by atoms with Crippen molar-refractivity contribution in [3.63, 3.8) is 0 Å². The van der Waals surface area contributed by atoms with Crippen molar-refractivity contribution in [3.05, 3.63) is 64.5 Å². The molecule has 0 heterocycles. The third kappa shape index (κ3) is 2.44. The van der Waals surface area contributed by atoms with Crippen molar-refractivity contribution in [3.8, 4) is 12.1 Å². The van der Waals surface area contributed by atoms with Crippen LogP contribution in [0.5, 0.6) is 0 Å². The van der Waals surface area contributed by atoms with Gasteiger partial charge in [0.15, 0.2) is 0 Å². The summed E-state index contributed by atoms with van der Waals surface area (Å²) < 4.78 is 13.2. The summed E-state index contributed by atoms with van der Waals surface area (Å²) in [4.78, 5) is 0. The summed E-state index contributed by atoms with van der Waals surface area (Å²) in [7, 11) is 0. The highest BCUT2D eigenvalue weighted by atomic mass is 19.1. The number of rotatable bonds is 2. The Kier molecular flexibility index (Phi) is 3.30. The highest BCUT2D eigenvalue weighted by Gasteiger charge is 2.22. The van der Waals surface area contributed by atoms with E-state index in [1.165, 1.54) is 6.07 Å². The first-order valence-electron chi connectivity index (χ1n) is 6.70. The number of hydrogen-bond donors (Lipinski definition) is 1. The first kappa shape index (κ1) is 13.1. The maximum Gasteiger partial charge on any atom is 0.123 e. The SMILES string of the molecule is N#Cc1ccc(NC2CCc3cc(F)ccc32)cc1C#N. The first-order valence-corrected chi connectivity index (χ1v) is 6.70. The zero-order valence-electron chi connectivity index (χ0n) is 11.2. The van der Waals surface area contributed by atoms with Crippen molar-refractivity contribution >= 4 is 5.69 Å². The van der Waals surface area contributed by atoms with E-state index in [-0.39, 0.29) is 11.9 Å². The molecule has 21 heavy (non-hydrogen) atoms. The number of nitrogens with zero attached hydrogens (tertiary/aromatic N) is 2. The third-order valence-corrected chi connectivity index (χ3v) is 3.78. The highest BCUT2D eigenvalue weighted by molar-refractivity contribution is 5.57. The molecule has 1 atom stereocenters. The summed E-state index contributed by atoms with van der Waals surface area (Å²) in [6.45, 7) is 0. The number of aryl methyl sites for hydroxylation is 1. The minimum absolute atomic E-state index is 0.111. The molecule has 3 rings (SSSR count). The van der Waals surface area contributed by atoms with Gasteiger partial charge in [-0.3, -0.25) is 0 Å². The topological polar surface area (TPSA) is 59.6 Å². The van der Waals surface area contributed by atoms with Crippen LogP contribution in [0, 0.1) is 28.5 Å². The summed E-state index contributed by atoms with van der Waals surface area (Å²) in [6.07, 6.45) is 1.73. The summed E-state index contributed by atoms with van der Waals surface area (Å²) >= 11 is 0. The molecular formula is C17H12FN3. The smallest absolute Gasteiger partial charge is 0.123 e. The Morgan fingerprint density at radius 2 is 1.86 bits per heavy atom. The van der Waals surface area contributed by atoms with E-state index in [0.29, 0.717) is 11.1 Å². The van der Waals surface area contributed by atoms with E-state index in [1.54, 1.807) is 24.3 Å². The van der Waals surface area contributed by atoms with Crippen LogP contribution in [0.25, 0.3) is 0 Å². The lowest BCUT2D eigenvalue weighted by Crippen LogP contribution is -2.07. The predicted molar refractivity (Wildman–Crippen MR) is 77.0 cm³/mol. The number of fused-ring (bicyclic) bond motifs is 1. The van der Waals surface area contributed by atoms with Crippen LogP contribution in [0.3, 0.4) is 0 Å². The molecule has 102 valence electrons. The van der Waals surface area contributed by atoms with E-state index < -0.39 is 0 Å². The quantitative estimate of drug-likeness (QED) is 0.911. The molecule has 0 radical (unpaired) electrons. The zero-order chi connectivity index (χ0) is 14.8. The number of benzene rings is 2. The second-order valence-electron chi connectivity index (χ2n) is 5.06. The van der Waals surface area contributed by atoms with Gasteiger partial charge in [-0.05, 0) is 54.3 Å². The number of anilines is 1. The van der Waals surface area contributed by atoms with E-state index in [1.807, 2.05) is 18.2 Å². The average molecular weight is 277 g/mol. The Bertz CT molecular complexity index is 784. The fourth-order valence-corrected chi connectivity index (χ4v) is 2.76. The second-order valence-corrected chi connectivity index (χ2v) is 5.06. The van der Waals surface area contributed by atoms with Crippen LogP contribution in [0.4, 0.5) is 10.1 Å². The summed E-state index contributed by atoms with van der Waals surface area (Å²) in [6, 6.07) is 14.1. The Hall–Kier alpha value is -2.85. The molecule has 1 unspecified atom stereocenters. The molecule has 0 fully saturated rings. The van der Waals surface area contributed by atoms with E-state index >= 15 is 0 Å². The lowest BCUT2D eigenvalue weighted by molar-refractivity contribution is 0.626. The fourth-order valence-electron chi connectivity index (χ4n) is 2.76. The van der Waals surface area contributed by atoms with Gasteiger partial charge in [0.25, 0.3) is 0 Å². The van der Waals surface area contributed by atoms with Crippen LogP contribution in [0.2, 0.25) is 0 Å². The molecule has 3 nitrogen and oxygen atoms in total. The van der Waals surface area contributed by atoms with E-state index in [4.69, 9.17) is 10.5 Å². The van der Waals surface area contributed by atoms with Gasteiger partial charge >= 0.3 is 0 Å². The Morgan fingerprint density at radius 3 is 2.62 bits per heavy atom. The lowest BCUT2D eigenvalue weighted by Gasteiger charge is -2.16. The minimum atomic E-state index is -0.209. The lowest BCUT2D eigenvalue weighted by atomic mass is 10.1. The molecule has 2 aromatic rings. The Morgan fingerprint density at radius 1 is 1.05 bits per heavy atom. The normalized spacial score (nSPS) is 15.9. The molecule has 0 amide bonds. The van der Waals surface area contributed by atoms with Gasteiger partial charge in [-0.25, -0.2) is 4.39 Å². The molecule has 0 aliphatic heterocycles. The van der Waals surface area contributed by atoms with Crippen LogP contribution < -0.4 is 5.32 Å². The molecule has 0 saturated carbocycles. The number of nitriles is 2. The Labute approximate surface area is 122 Å². The van der Waals surface area contributed by atoms with Crippen molar-refractivity contribution in [2.45, 2.75) is 18.9 Å². The zero-order valence-corrected chi connectivity index (χ0v) is 11.2. The minimum Gasteiger partial charge on any atom is -0.378 e. The number of nitrogens with one attached hydrogen (secondary N) is 1. The van der Waals surface area contributed by atoms with Gasteiger partial charge < -0.3 is 5.32 Å². The Balaban J connectivity index is 1.87. The summed E-state index contributed by atoms with van der Waals surface area (Å²) in [5, 5.41) is 21.3. The fraction of sp³-hybridized carbons (Fsp3) is 0.176. The van der Waals surface area contributed by atoms with Crippen molar-refractivity contribution in [1.29, 1.82) is 10.5 Å². The van der Waals surface area contributed by atoms with Crippen LogP contribution in [0.15, 0.2) is 36.4 Å². The van der Waals surface area contributed by atoms with Gasteiger partial charge in [-0.1, -0.05) is 6.07 Å². The predicted octanol–water partition coefficient (Wildman–Crippen LogP) is 3.67. The van der Waals surface area contributed by atoms with Crippen LogP contribution in [0.1, 0.15) is 34.7 Å². The van der Waals surface area contributed by atoms with Crippen molar-refractivity contribution < 1.29 is 4.39 Å². The van der Waals surface area contributed by atoms with Gasteiger partial charge in [0.1, 0.15) is 18.0 Å². The van der Waals surface area contributed by atoms with Crippen molar-refractivity contribution in [2.75, 3.05) is 5.32 Å². The van der Waals surface area contributed by atoms with Gasteiger partial charge in [0, 0.05) is 5.69 Å². The summed E-state index contributed by atoms with van der Waals surface area (Å²) in [5.74, 6) is -0.209. The van der Waals surface area contributed by atoms with Crippen LogP contribution >= 0.6 is 0 Å². The largest absolute Gasteiger partial charge is 0.378 e. The molecule has 4 heteroatoms. The number of hydrogen-bond acceptors (Lipinski definition) is 3. The maximum absolute atomic E-state index is 13.2. The van der Waals surface area contributed by atoms with Gasteiger partial charge in [-0.2, -0.15) is 10.5 Å². The van der Waals surface area contributed by atoms with Gasteiger partial charge in [-0.15, -0.1) is 0 Å². The molecule has 1 aliphatic rings. The molecule has 1 N–H and O–H groups in total. The van der Waals surface area contributed by atoms with Crippen LogP contribution in [-0.2, 0) is 6.42 Å². The van der Waals surface area contributed by atoms with Crippen molar-refractivity contribution in [1.82, 2.24) is 0 Å². The average Bonchev–Trinajstić information content (AvgIpc) is 2.89.